The molecule has 1 N–H and O–H groups in total. The molecule has 6 aromatic carbocycles. The minimum atomic E-state index is -0.0566. The van der Waals surface area contributed by atoms with Crippen molar-refractivity contribution in [2.24, 2.45) is 0 Å². The largest absolute Gasteiger partial charge is 0.381 e. The van der Waals surface area contributed by atoms with Gasteiger partial charge in [0.15, 0.2) is 0 Å². The molecule has 0 radical (unpaired) electrons. The molecule has 0 unspecified atom stereocenters. The van der Waals surface area contributed by atoms with E-state index in [-0.39, 0.29) is 16.7 Å². The summed E-state index contributed by atoms with van der Waals surface area (Å²) in [4.78, 5) is 45.8. The third-order valence-corrected chi connectivity index (χ3v) is 18.2. The van der Waals surface area contributed by atoms with Crippen LogP contribution in [-0.4, -0.2) is 117 Å². The molecule has 0 bridgehead atoms. The van der Waals surface area contributed by atoms with Crippen molar-refractivity contribution in [2.75, 3.05) is 64.2 Å². The zero-order valence-corrected chi connectivity index (χ0v) is 52.9. The van der Waals surface area contributed by atoms with E-state index < -0.39 is 0 Å². The molecule has 16 nitrogen and oxygen atoms in total. The van der Waals surface area contributed by atoms with Gasteiger partial charge in [-0.3, -0.25) is 42.1 Å². The van der Waals surface area contributed by atoms with Crippen molar-refractivity contribution in [1.29, 1.82) is 0 Å². The molecule has 3 fully saturated rings. The number of aryl methyl sites for hydroxylation is 2. The molecule has 15 rings (SSSR count). The van der Waals surface area contributed by atoms with Crippen molar-refractivity contribution in [3.63, 3.8) is 0 Å². The minimum Gasteiger partial charge on any atom is -0.381 e. The summed E-state index contributed by atoms with van der Waals surface area (Å²) >= 11 is 0. The van der Waals surface area contributed by atoms with Crippen molar-refractivity contribution < 1.29 is 0 Å². The summed E-state index contributed by atoms with van der Waals surface area (Å²) < 4.78 is 11.3. The molecule has 9 heterocycles. The van der Waals surface area contributed by atoms with Crippen LogP contribution in [0.25, 0.3) is 61.9 Å². The average Bonchev–Trinajstić information content (AvgIpc) is 1.87. The van der Waals surface area contributed by atoms with E-state index in [9.17, 15) is 14.4 Å². The van der Waals surface area contributed by atoms with E-state index in [1.807, 2.05) is 152 Å². The Hall–Kier alpha value is -10.0. The number of aromatic nitrogens is 9. The number of rotatable bonds is 20. The van der Waals surface area contributed by atoms with Gasteiger partial charge in [0.25, 0.3) is 16.7 Å². The molecular formula is C77H81N13O3. The van der Waals surface area contributed by atoms with Gasteiger partial charge < -0.3 is 20.0 Å². The van der Waals surface area contributed by atoms with Crippen LogP contribution in [0.15, 0.2) is 234 Å². The summed E-state index contributed by atoms with van der Waals surface area (Å²) in [7, 11) is 0. The van der Waals surface area contributed by atoms with Gasteiger partial charge in [-0.2, -0.15) is 15.3 Å². The monoisotopic (exact) mass is 1240 g/mol. The standard InChI is InChI=1S/C26H28N4O.C26H26N4O.C25H27N5O/c2*31-26-18-22(9-8-21-6-2-1-3-7-21)12-15-29(26)24-10-11-25-23(19-24)20-27-30(25)17-16-28-13-4-5-14-28;31-25-17-22(26-18-20-6-2-1-3-7-20)10-13-29(25)23-8-9-24-21(16-23)19-27-30(24)15-14-28-11-4-5-12-28/h1-3,6-7,10-12,15,18-20H,4-5,8-9,13-14,16-17H2;1-3,6-12,15,18-20H,4-5,13-14,16-17H2;1-3,6-10,13,16-17,19,26H,4-5,11-12,14-15,18H2/b;9-8+;. The van der Waals surface area contributed by atoms with E-state index >= 15 is 0 Å². The number of hydrogen-bond acceptors (Lipinski definition) is 10. The second-order valence-corrected chi connectivity index (χ2v) is 24.6. The van der Waals surface area contributed by atoms with Gasteiger partial charge in [-0.25, -0.2) is 0 Å². The zero-order valence-electron chi connectivity index (χ0n) is 52.9. The van der Waals surface area contributed by atoms with Gasteiger partial charge in [0.05, 0.1) is 54.8 Å². The van der Waals surface area contributed by atoms with Crippen LogP contribution in [0.5, 0.6) is 0 Å². The fourth-order valence-corrected chi connectivity index (χ4v) is 12.9. The zero-order chi connectivity index (χ0) is 63.1. The Morgan fingerprint density at radius 3 is 1.20 bits per heavy atom. The molecule has 93 heavy (non-hydrogen) atoms. The lowest BCUT2D eigenvalue weighted by Crippen LogP contribution is -2.24. The molecular weight excluding hydrogens is 1150 g/mol. The summed E-state index contributed by atoms with van der Waals surface area (Å²) in [5.41, 5.74) is 12.2. The summed E-state index contributed by atoms with van der Waals surface area (Å²) in [6.07, 6.45) is 24.9. The normalized spacial score (nSPS) is 14.5. The lowest BCUT2D eigenvalue weighted by Gasteiger charge is -2.14. The highest BCUT2D eigenvalue weighted by Crippen LogP contribution is 2.23. The predicted molar refractivity (Wildman–Crippen MR) is 376 cm³/mol. The summed E-state index contributed by atoms with van der Waals surface area (Å²) in [6.45, 7) is 13.7. The topological polar surface area (TPSA) is 141 Å². The molecule has 3 aliphatic heterocycles. The number of hydrogen-bond donors (Lipinski definition) is 1. The molecule has 3 saturated heterocycles. The maximum Gasteiger partial charge on any atom is 0.257 e. The van der Waals surface area contributed by atoms with Gasteiger partial charge in [-0.05, 0) is 191 Å². The van der Waals surface area contributed by atoms with E-state index in [0.29, 0.717) is 6.54 Å². The Morgan fingerprint density at radius 1 is 0.355 bits per heavy atom. The molecule has 0 amide bonds. The molecule has 3 aliphatic rings. The molecule has 12 aromatic rings. The highest BCUT2D eigenvalue weighted by Gasteiger charge is 2.17. The fraction of sp³-hybridized carbons (Fsp3) is 0.273. The second-order valence-electron chi connectivity index (χ2n) is 24.6. The maximum atomic E-state index is 12.8. The van der Waals surface area contributed by atoms with Crippen molar-refractivity contribution in [3.8, 4) is 17.1 Å². The lowest BCUT2D eigenvalue weighted by atomic mass is 10.1. The Balaban J connectivity index is 0.000000127. The third kappa shape index (κ3) is 15.8. The van der Waals surface area contributed by atoms with Crippen molar-refractivity contribution >= 4 is 50.5 Å². The van der Waals surface area contributed by atoms with Crippen LogP contribution in [0.4, 0.5) is 5.69 Å². The first kappa shape index (κ1) is 61.8. The van der Waals surface area contributed by atoms with Crippen molar-refractivity contribution in [3.05, 3.63) is 278 Å². The molecule has 16 heteroatoms. The number of benzene rings is 6. The molecule has 472 valence electrons. The van der Waals surface area contributed by atoms with E-state index in [0.717, 1.165) is 124 Å². The first-order valence-corrected chi connectivity index (χ1v) is 33.1. The smallest absolute Gasteiger partial charge is 0.257 e. The summed E-state index contributed by atoms with van der Waals surface area (Å²) in [5, 5.41) is 20.2. The van der Waals surface area contributed by atoms with Gasteiger partial charge in [0.2, 0.25) is 0 Å². The van der Waals surface area contributed by atoms with Gasteiger partial charge >= 0.3 is 0 Å². The maximum absolute atomic E-state index is 12.8. The van der Waals surface area contributed by atoms with Crippen LogP contribution in [0, 0.1) is 0 Å². The Kier molecular flexibility index (Phi) is 19.9. The van der Waals surface area contributed by atoms with Crippen molar-refractivity contribution in [2.45, 2.75) is 77.5 Å². The van der Waals surface area contributed by atoms with E-state index in [1.54, 1.807) is 31.9 Å². The minimum absolute atomic E-state index is 0.00587. The molecule has 6 aromatic heterocycles. The molecule has 0 saturated carbocycles. The van der Waals surface area contributed by atoms with E-state index in [2.05, 4.69) is 110 Å². The quantitative estimate of drug-likeness (QED) is 0.0784. The number of nitrogens with one attached hydrogen (secondary N) is 1. The van der Waals surface area contributed by atoms with Gasteiger partial charge in [0, 0.05) is 102 Å². The van der Waals surface area contributed by atoms with Crippen LogP contribution in [0.3, 0.4) is 0 Å². The van der Waals surface area contributed by atoms with Crippen LogP contribution in [0.2, 0.25) is 0 Å². The molecule has 0 aliphatic carbocycles. The Labute approximate surface area is 542 Å². The first-order valence-electron chi connectivity index (χ1n) is 33.1. The van der Waals surface area contributed by atoms with Crippen molar-refractivity contribution in [1.82, 2.24) is 57.7 Å². The van der Waals surface area contributed by atoms with Crippen LogP contribution in [0.1, 0.15) is 66.3 Å². The molecule has 0 spiro atoms. The predicted octanol–water partition coefficient (Wildman–Crippen LogP) is 12.4. The van der Waals surface area contributed by atoms with E-state index in [4.69, 9.17) is 0 Å². The van der Waals surface area contributed by atoms with Gasteiger partial charge in [0.1, 0.15) is 0 Å². The number of pyridine rings is 3. The number of anilines is 1. The Bertz CT molecular complexity index is 4450. The highest BCUT2D eigenvalue weighted by molar-refractivity contribution is 5.83. The van der Waals surface area contributed by atoms with Gasteiger partial charge in [-0.15, -0.1) is 0 Å². The van der Waals surface area contributed by atoms with E-state index in [1.165, 1.54) is 88.9 Å². The highest BCUT2D eigenvalue weighted by atomic mass is 16.1. The van der Waals surface area contributed by atoms with Crippen LogP contribution < -0.4 is 22.0 Å². The number of likely N-dealkylation sites (tertiary alicyclic amines) is 3. The summed E-state index contributed by atoms with van der Waals surface area (Å²) in [6, 6.07) is 60.0. The first-order chi connectivity index (χ1) is 45.8. The third-order valence-electron chi connectivity index (χ3n) is 18.2. The second kappa shape index (κ2) is 30.0. The molecule has 0 atom stereocenters. The van der Waals surface area contributed by atoms with Crippen LogP contribution in [-0.2, 0) is 39.0 Å². The average molecular weight is 1240 g/mol. The Morgan fingerprint density at radius 2 is 0.753 bits per heavy atom. The fourth-order valence-electron chi connectivity index (χ4n) is 12.9. The van der Waals surface area contributed by atoms with Gasteiger partial charge in [-0.1, -0.05) is 103 Å². The number of fused-ring (bicyclic) bond motifs is 3. The van der Waals surface area contributed by atoms with Crippen LogP contribution >= 0.6 is 0 Å². The summed E-state index contributed by atoms with van der Waals surface area (Å²) in [5.74, 6) is 0. The SMILES string of the molecule is O=c1cc(/C=C/c2ccccc2)ccn1-c1ccc2c(cnn2CCN2CCCC2)c1.O=c1cc(CCc2ccccc2)ccn1-c1ccc2c(cnn2CCN2CCCC2)c1.O=c1cc(NCc2ccccc2)ccn1-c1ccc2c(cnn2CCN2CCCC2)c1. The lowest BCUT2D eigenvalue weighted by molar-refractivity contribution is 0.318. The number of nitrogens with zero attached hydrogens (tertiary/aromatic N) is 12.